The molecule has 0 N–H and O–H groups in total. The molecule has 9 heavy (non-hydrogen) atoms. The van der Waals surface area contributed by atoms with Gasteiger partial charge in [-0.15, -0.1) is 0 Å². The zero-order valence-electron chi connectivity index (χ0n) is 6.09. The second kappa shape index (κ2) is 2.81. The van der Waals surface area contributed by atoms with E-state index in [4.69, 9.17) is 0 Å². The summed E-state index contributed by atoms with van der Waals surface area (Å²) >= 11 is 0. The van der Waals surface area contributed by atoms with Crippen molar-refractivity contribution in [1.29, 1.82) is 0 Å². The van der Waals surface area contributed by atoms with E-state index in [1.807, 2.05) is 6.92 Å². The molecule has 1 atom stereocenters. The van der Waals surface area contributed by atoms with Crippen LogP contribution in [0.3, 0.4) is 0 Å². The summed E-state index contributed by atoms with van der Waals surface area (Å²) in [7, 11) is 0. The number of nitrogens with zero attached hydrogens (tertiary/aromatic N) is 1. The van der Waals surface area contributed by atoms with E-state index in [-0.39, 0.29) is 0 Å². The Kier molecular flexibility index (Phi) is 2.04. The smallest absolute Gasteiger partial charge is 0.0398 e. The fourth-order valence-electron chi connectivity index (χ4n) is 1.08. The molecule has 1 heteroatoms. The molecule has 0 saturated heterocycles. The maximum absolute atomic E-state index is 4.34. The minimum absolute atomic E-state index is 0.696. The van der Waals surface area contributed by atoms with Crippen LogP contribution in [0.25, 0.3) is 0 Å². The zero-order valence-corrected chi connectivity index (χ0v) is 6.09. The van der Waals surface area contributed by atoms with Crippen LogP contribution in [0.2, 0.25) is 0 Å². The summed E-state index contributed by atoms with van der Waals surface area (Å²) in [5.74, 6) is 0.696. The van der Waals surface area contributed by atoms with Crippen LogP contribution in [0.4, 0.5) is 0 Å². The van der Waals surface area contributed by atoms with Gasteiger partial charge in [-0.1, -0.05) is 13.0 Å². The van der Waals surface area contributed by atoms with Gasteiger partial charge in [-0.25, -0.2) is 0 Å². The van der Waals surface area contributed by atoms with E-state index in [9.17, 15) is 0 Å². The summed E-state index contributed by atoms with van der Waals surface area (Å²) in [6, 6.07) is 0. The highest BCUT2D eigenvalue weighted by Crippen LogP contribution is 2.13. The second-order valence-corrected chi connectivity index (χ2v) is 2.50. The molecule has 0 radical (unpaired) electrons. The van der Waals surface area contributed by atoms with Crippen LogP contribution in [0, 0.1) is 5.92 Å². The summed E-state index contributed by atoms with van der Waals surface area (Å²) in [6.45, 7) is 5.29. The van der Waals surface area contributed by atoms with Gasteiger partial charge < -0.3 is 0 Å². The molecule has 0 fully saturated rings. The topological polar surface area (TPSA) is 12.4 Å². The van der Waals surface area contributed by atoms with Crippen molar-refractivity contribution in [1.82, 2.24) is 0 Å². The number of hydrogen-bond acceptors (Lipinski definition) is 1. The summed E-state index contributed by atoms with van der Waals surface area (Å²) in [5.41, 5.74) is 1.28. The Morgan fingerprint density at radius 3 is 2.89 bits per heavy atom. The van der Waals surface area contributed by atoms with Gasteiger partial charge >= 0.3 is 0 Å². The maximum Gasteiger partial charge on any atom is 0.0398 e. The highest BCUT2D eigenvalue weighted by Gasteiger charge is 2.11. The Bertz CT molecular complexity index is 145. The normalized spacial score (nSPS) is 27.3. The number of allylic oxidation sites excluding steroid dienone is 2. The van der Waals surface area contributed by atoms with Gasteiger partial charge in [-0.2, -0.15) is 0 Å². The fourth-order valence-corrected chi connectivity index (χ4v) is 1.08. The summed E-state index contributed by atoms with van der Waals surface area (Å²) in [4.78, 5) is 4.34. The molecule has 1 rings (SSSR count). The van der Waals surface area contributed by atoms with E-state index in [1.165, 1.54) is 12.1 Å². The van der Waals surface area contributed by atoms with Gasteiger partial charge in [0.2, 0.25) is 0 Å². The molecule has 1 aliphatic rings. The first-order valence-electron chi connectivity index (χ1n) is 3.51. The van der Waals surface area contributed by atoms with Crippen molar-refractivity contribution < 1.29 is 0 Å². The third-order valence-electron chi connectivity index (χ3n) is 1.70. The van der Waals surface area contributed by atoms with Crippen LogP contribution in [-0.2, 0) is 0 Å². The van der Waals surface area contributed by atoms with E-state index in [0.717, 1.165) is 6.54 Å². The van der Waals surface area contributed by atoms with E-state index in [1.54, 1.807) is 0 Å². The first-order chi connectivity index (χ1) is 4.34. The number of rotatable bonds is 1. The Morgan fingerprint density at radius 1 is 1.67 bits per heavy atom. The van der Waals surface area contributed by atoms with Gasteiger partial charge in [-0.05, 0) is 25.3 Å². The van der Waals surface area contributed by atoms with E-state index < -0.39 is 0 Å². The first kappa shape index (κ1) is 6.53. The van der Waals surface area contributed by atoms with Gasteiger partial charge in [-0.3, -0.25) is 4.99 Å². The van der Waals surface area contributed by atoms with Crippen molar-refractivity contribution in [3.05, 3.63) is 12.2 Å². The lowest BCUT2D eigenvalue weighted by atomic mass is 10.1. The molecule has 1 unspecified atom stereocenters. The molecule has 50 valence electrons. The quantitative estimate of drug-likeness (QED) is 0.506. The minimum Gasteiger partial charge on any atom is -0.289 e. The highest BCUT2D eigenvalue weighted by atomic mass is 14.8. The van der Waals surface area contributed by atoms with Gasteiger partial charge in [0.25, 0.3) is 0 Å². The lowest BCUT2D eigenvalue weighted by molar-refractivity contribution is 0.751. The van der Waals surface area contributed by atoms with Crippen LogP contribution in [-0.4, -0.2) is 12.3 Å². The summed E-state index contributed by atoms with van der Waals surface area (Å²) < 4.78 is 0. The number of aliphatic imine (C=N–C) groups is 1. The molecule has 0 aromatic carbocycles. The predicted molar refractivity (Wildman–Crippen MR) is 40.9 cm³/mol. The number of hydrogen-bond donors (Lipinski definition) is 0. The maximum atomic E-state index is 4.34. The van der Waals surface area contributed by atoms with Crippen LogP contribution < -0.4 is 0 Å². The third-order valence-corrected chi connectivity index (χ3v) is 1.70. The summed E-state index contributed by atoms with van der Waals surface area (Å²) in [6.07, 6.45) is 5.40. The SMILES string of the molecule is CC=CC1=NCCC1C. The predicted octanol–water partition coefficient (Wildman–Crippen LogP) is 2.04. The summed E-state index contributed by atoms with van der Waals surface area (Å²) in [5, 5.41) is 0. The lowest BCUT2D eigenvalue weighted by Crippen LogP contribution is -2.00. The molecular weight excluding hydrogens is 110 g/mol. The molecule has 0 aromatic heterocycles. The molecule has 0 bridgehead atoms. The molecule has 1 nitrogen and oxygen atoms in total. The fraction of sp³-hybridized carbons (Fsp3) is 0.625. The van der Waals surface area contributed by atoms with E-state index in [0.29, 0.717) is 5.92 Å². The zero-order chi connectivity index (χ0) is 6.69. The molecule has 0 aliphatic carbocycles. The van der Waals surface area contributed by atoms with Crippen LogP contribution in [0.15, 0.2) is 17.1 Å². The average molecular weight is 123 g/mol. The molecular formula is C8H13N. The van der Waals surface area contributed by atoms with Crippen LogP contribution >= 0.6 is 0 Å². The van der Waals surface area contributed by atoms with Crippen molar-refractivity contribution in [3.63, 3.8) is 0 Å². The van der Waals surface area contributed by atoms with Crippen molar-refractivity contribution in [2.45, 2.75) is 20.3 Å². The largest absolute Gasteiger partial charge is 0.289 e. The molecule has 0 aromatic rings. The standard InChI is InChI=1S/C8H13N/c1-3-4-8-7(2)5-6-9-8/h3-4,7H,5-6H2,1-2H3. The average Bonchev–Trinajstić information content (AvgIpc) is 2.18. The van der Waals surface area contributed by atoms with Crippen molar-refractivity contribution in [2.24, 2.45) is 10.9 Å². The molecule has 0 amide bonds. The lowest BCUT2D eigenvalue weighted by Gasteiger charge is -1.98. The monoisotopic (exact) mass is 123 g/mol. The van der Waals surface area contributed by atoms with Gasteiger partial charge in [0, 0.05) is 12.3 Å². The van der Waals surface area contributed by atoms with Gasteiger partial charge in [0.15, 0.2) is 0 Å². The first-order valence-corrected chi connectivity index (χ1v) is 3.51. The van der Waals surface area contributed by atoms with Crippen molar-refractivity contribution >= 4 is 5.71 Å². The van der Waals surface area contributed by atoms with Crippen LogP contribution in [0.5, 0.6) is 0 Å². The molecule has 1 aliphatic heterocycles. The Balaban J connectivity index is 2.57. The minimum atomic E-state index is 0.696. The van der Waals surface area contributed by atoms with E-state index >= 15 is 0 Å². The molecule has 0 saturated carbocycles. The highest BCUT2D eigenvalue weighted by molar-refractivity contribution is 5.97. The third kappa shape index (κ3) is 1.41. The van der Waals surface area contributed by atoms with Crippen molar-refractivity contribution in [3.8, 4) is 0 Å². The Hall–Kier alpha value is -0.590. The van der Waals surface area contributed by atoms with Gasteiger partial charge in [0.05, 0.1) is 0 Å². The van der Waals surface area contributed by atoms with Crippen molar-refractivity contribution in [2.75, 3.05) is 6.54 Å². The molecule has 1 heterocycles. The van der Waals surface area contributed by atoms with E-state index in [2.05, 4.69) is 24.1 Å². The molecule has 0 spiro atoms. The van der Waals surface area contributed by atoms with Gasteiger partial charge in [0.1, 0.15) is 0 Å². The second-order valence-electron chi connectivity index (χ2n) is 2.50. The Labute approximate surface area is 56.5 Å². The Morgan fingerprint density at radius 2 is 2.44 bits per heavy atom. The van der Waals surface area contributed by atoms with Crippen LogP contribution in [0.1, 0.15) is 20.3 Å².